The summed E-state index contributed by atoms with van der Waals surface area (Å²) < 4.78 is 1.53. The van der Waals surface area contributed by atoms with Crippen LogP contribution in [0.4, 0.5) is 5.69 Å². The summed E-state index contributed by atoms with van der Waals surface area (Å²) in [7, 11) is 0. The lowest BCUT2D eigenvalue weighted by Gasteiger charge is -2.29. The molecule has 1 aliphatic rings. The minimum Gasteiger partial charge on any atom is -0.348 e. The van der Waals surface area contributed by atoms with Crippen LogP contribution in [-0.2, 0) is 0 Å². The molecule has 0 spiro atoms. The molecule has 0 aliphatic carbocycles. The Balaban J connectivity index is 1.70. The lowest BCUT2D eigenvalue weighted by molar-refractivity contribution is -0.384. The minimum atomic E-state index is -0.452. The van der Waals surface area contributed by atoms with Crippen LogP contribution < -0.4 is 10.6 Å². The van der Waals surface area contributed by atoms with Crippen LogP contribution in [-0.4, -0.2) is 39.7 Å². The van der Waals surface area contributed by atoms with Crippen molar-refractivity contribution in [1.82, 2.24) is 20.4 Å². The van der Waals surface area contributed by atoms with Gasteiger partial charge in [0.25, 0.3) is 11.6 Å². The number of benzene rings is 1. The van der Waals surface area contributed by atoms with Crippen LogP contribution in [0.2, 0.25) is 0 Å². The fraction of sp³-hybridized carbons (Fsp3) is 0.375. The molecule has 1 aromatic heterocycles. The van der Waals surface area contributed by atoms with Gasteiger partial charge < -0.3 is 10.6 Å². The van der Waals surface area contributed by atoms with Crippen molar-refractivity contribution in [3.05, 3.63) is 52.3 Å². The lowest BCUT2D eigenvalue weighted by atomic mass is 9.95. The molecule has 1 aromatic carbocycles. The van der Waals surface area contributed by atoms with Crippen LogP contribution in [0, 0.1) is 16.0 Å². The normalized spacial score (nSPS) is 20.5. The highest BCUT2D eigenvalue weighted by Crippen LogP contribution is 2.15. The topological polar surface area (TPSA) is 102 Å². The molecule has 3 rings (SSSR count). The Morgan fingerprint density at radius 3 is 2.79 bits per heavy atom. The van der Waals surface area contributed by atoms with E-state index in [4.69, 9.17) is 0 Å². The number of nitrogens with one attached hydrogen (secondary N) is 2. The predicted octanol–water partition coefficient (Wildman–Crippen LogP) is 1.51. The van der Waals surface area contributed by atoms with Gasteiger partial charge in [0.05, 0.1) is 10.6 Å². The van der Waals surface area contributed by atoms with Crippen LogP contribution in [0.5, 0.6) is 0 Å². The molecule has 0 saturated carbocycles. The highest BCUT2D eigenvalue weighted by atomic mass is 16.6. The number of nitro benzene ring substituents is 1. The van der Waals surface area contributed by atoms with E-state index in [2.05, 4.69) is 22.7 Å². The molecule has 2 N–H and O–H groups in total. The van der Waals surface area contributed by atoms with E-state index in [1.54, 1.807) is 24.4 Å². The van der Waals surface area contributed by atoms with E-state index in [9.17, 15) is 14.9 Å². The van der Waals surface area contributed by atoms with Gasteiger partial charge in [0.2, 0.25) is 0 Å². The van der Waals surface area contributed by atoms with Gasteiger partial charge in [-0.3, -0.25) is 14.9 Å². The molecule has 126 valence electrons. The fourth-order valence-corrected chi connectivity index (χ4v) is 2.79. The maximum atomic E-state index is 12.3. The van der Waals surface area contributed by atoms with Gasteiger partial charge in [-0.25, -0.2) is 4.68 Å². The van der Waals surface area contributed by atoms with Crippen LogP contribution in [0.3, 0.4) is 0 Å². The zero-order valence-corrected chi connectivity index (χ0v) is 13.3. The van der Waals surface area contributed by atoms with E-state index >= 15 is 0 Å². The van der Waals surface area contributed by atoms with Crippen molar-refractivity contribution in [3.63, 3.8) is 0 Å². The van der Waals surface area contributed by atoms with E-state index in [-0.39, 0.29) is 17.6 Å². The Morgan fingerprint density at radius 1 is 1.38 bits per heavy atom. The molecule has 24 heavy (non-hydrogen) atoms. The average Bonchev–Trinajstić information content (AvgIpc) is 3.07. The summed E-state index contributed by atoms with van der Waals surface area (Å²) in [6, 6.07) is 7.80. The van der Waals surface area contributed by atoms with Crippen molar-refractivity contribution in [3.8, 4) is 5.69 Å². The first-order valence-corrected chi connectivity index (χ1v) is 7.86. The second-order valence-electron chi connectivity index (χ2n) is 5.97. The molecule has 0 radical (unpaired) electrons. The summed E-state index contributed by atoms with van der Waals surface area (Å²) in [5, 5.41) is 21.3. The number of hydrogen-bond donors (Lipinski definition) is 2. The van der Waals surface area contributed by atoms with Crippen LogP contribution in [0.15, 0.2) is 36.5 Å². The van der Waals surface area contributed by atoms with Crippen molar-refractivity contribution in [1.29, 1.82) is 0 Å². The highest BCUT2D eigenvalue weighted by Gasteiger charge is 2.23. The Kier molecular flexibility index (Phi) is 4.57. The molecule has 8 nitrogen and oxygen atoms in total. The number of hydrogen-bond acceptors (Lipinski definition) is 5. The van der Waals surface area contributed by atoms with Crippen LogP contribution >= 0.6 is 0 Å². The number of nitro groups is 1. The molecule has 8 heteroatoms. The van der Waals surface area contributed by atoms with Crippen LogP contribution in [0.25, 0.3) is 5.69 Å². The second-order valence-corrected chi connectivity index (χ2v) is 5.97. The molecule has 1 fully saturated rings. The smallest absolute Gasteiger partial charge is 0.272 e. The number of nitrogens with zero attached hydrogens (tertiary/aromatic N) is 3. The van der Waals surface area contributed by atoms with Crippen molar-refractivity contribution in [2.24, 2.45) is 5.92 Å². The van der Waals surface area contributed by atoms with Crippen molar-refractivity contribution in [2.45, 2.75) is 19.4 Å². The first kappa shape index (κ1) is 16.1. The van der Waals surface area contributed by atoms with Gasteiger partial charge in [-0.15, -0.1) is 0 Å². The third-order valence-electron chi connectivity index (χ3n) is 4.25. The predicted molar refractivity (Wildman–Crippen MR) is 88.1 cm³/mol. The fourth-order valence-electron chi connectivity index (χ4n) is 2.79. The summed E-state index contributed by atoms with van der Waals surface area (Å²) in [5.74, 6) is 0.175. The van der Waals surface area contributed by atoms with Crippen molar-refractivity contribution >= 4 is 11.6 Å². The molecule has 1 saturated heterocycles. The zero-order valence-electron chi connectivity index (χ0n) is 13.3. The van der Waals surface area contributed by atoms with E-state index < -0.39 is 4.92 Å². The van der Waals surface area contributed by atoms with Gasteiger partial charge in [-0.1, -0.05) is 6.92 Å². The molecule has 0 bridgehead atoms. The maximum Gasteiger partial charge on any atom is 0.272 e. The van der Waals surface area contributed by atoms with E-state index in [0.29, 0.717) is 17.3 Å². The first-order valence-electron chi connectivity index (χ1n) is 7.86. The monoisotopic (exact) mass is 329 g/mol. The van der Waals surface area contributed by atoms with Gasteiger partial charge in [0.15, 0.2) is 5.69 Å². The highest BCUT2D eigenvalue weighted by molar-refractivity contribution is 5.92. The van der Waals surface area contributed by atoms with Crippen LogP contribution in [0.1, 0.15) is 23.8 Å². The number of piperidine rings is 1. The summed E-state index contributed by atoms with van der Waals surface area (Å²) in [4.78, 5) is 22.6. The molecule has 2 atom stereocenters. The summed E-state index contributed by atoms with van der Waals surface area (Å²) >= 11 is 0. The second kappa shape index (κ2) is 6.79. The molecular weight excluding hydrogens is 310 g/mol. The molecule has 2 aromatic rings. The molecular formula is C16H19N5O3. The molecule has 1 amide bonds. The zero-order chi connectivity index (χ0) is 17.1. The molecule has 1 aliphatic heterocycles. The van der Waals surface area contributed by atoms with Gasteiger partial charge in [-0.05, 0) is 43.6 Å². The Morgan fingerprint density at radius 2 is 2.12 bits per heavy atom. The van der Waals surface area contributed by atoms with E-state index in [1.807, 2.05) is 0 Å². The van der Waals surface area contributed by atoms with Gasteiger partial charge >= 0.3 is 0 Å². The lowest BCUT2D eigenvalue weighted by Crippen LogP contribution is -2.48. The van der Waals surface area contributed by atoms with E-state index in [1.165, 1.54) is 16.8 Å². The maximum absolute atomic E-state index is 12.3. The quantitative estimate of drug-likeness (QED) is 0.654. The minimum absolute atomic E-state index is 0.0174. The Bertz CT molecular complexity index is 740. The Labute approximate surface area is 139 Å². The SMILES string of the molecule is CC1CNCCC1NC(=O)c1ccn(-c2ccc([N+](=O)[O-])cc2)n1. The first-order chi connectivity index (χ1) is 11.5. The largest absolute Gasteiger partial charge is 0.348 e. The molecule has 2 unspecified atom stereocenters. The van der Waals surface area contributed by atoms with Crippen molar-refractivity contribution < 1.29 is 9.72 Å². The number of non-ortho nitro benzene ring substituents is 1. The molecule has 2 heterocycles. The number of aromatic nitrogens is 2. The third kappa shape index (κ3) is 3.43. The summed E-state index contributed by atoms with van der Waals surface area (Å²) in [6.07, 6.45) is 2.57. The third-order valence-corrected chi connectivity index (χ3v) is 4.25. The van der Waals surface area contributed by atoms with E-state index in [0.717, 1.165) is 19.5 Å². The Hall–Kier alpha value is -2.74. The standard InChI is InChI=1S/C16H19N5O3/c1-11-10-17-8-6-14(11)18-16(22)15-7-9-20(19-15)12-2-4-13(5-3-12)21(23)24/h2-5,7,9,11,14,17H,6,8,10H2,1H3,(H,18,22). The average molecular weight is 329 g/mol. The number of rotatable bonds is 4. The van der Waals surface area contributed by atoms with Gasteiger partial charge in [-0.2, -0.15) is 5.10 Å². The summed E-state index contributed by atoms with van der Waals surface area (Å²) in [5.41, 5.74) is 1.01. The number of amides is 1. The number of carbonyl (C=O) groups excluding carboxylic acids is 1. The summed E-state index contributed by atoms with van der Waals surface area (Å²) in [6.45, 7) is 3.89. The van der Waals surface area contributed by atoms with Crippen molar-refractivity contribution in [2.75, 3.05) is 13.1 Å². The van der Waals surface area contributed by atoms with Gasteiger partial charge in [0.1, 0.15) is 0 Å². The number of carbonyl (C=O) groups is 1. The van der Waals surface area contributed by atoms with Gasteiger partial charge in [0, 0.05) is 24.4 Å².